The van der Waals surface area contributed by atoms with E-state index in [9.17, 15) is 14.9 Å². The van der Waals surface area contributed by atoms with Crippen LogP contribution in [0.4, 0.5) is 11.4 Å². The smallest absolute Gasteiger partial charge is 0.269 e. The quantitative estimate of drug-likeness (QED) is 0.379. The van der Waals surface area contributed by atoms with Gasteiger partial charge >= 0.3 is 0 Å². The Balaban J connectivity index is 1.58. The Bertz CT molecular complexity index is 1070. The van der Waals surface area contributed by atoms with Gasteiger partial charge in [-0.25, -0.2) is 0 Å². The molecule has 1 aliphatic heterocycles. The van der Waals surface area contributed by atoms with Gasteiger partial charge in [-0.3, -0.25) is 19.9 Å². The number of non-ortho nitro benzene ring substituents is 1. The van der Waals surface area contributed by atoms with Crippen molar-refractivity contribution in [2.45, 2.75) is 6.54 Å². The molecule has 0 radical (unpaired) electrons. The summed E-state index contributed by atoms with van der Waals surface area (Å²) in [6.07, 6.45) is 3.64. The molecule has 0 saturated carbocycles. The molecule has 3 aromatic rings. The SMILES string of the molecule is O=C(Cn1cc(C=Nc2ccc([N+](=O)[O-])cc2)c2ccccc21)N1CCOCC1. The molecule has 1 saturated heterocycles. The molecular weight excluding hydrogens is 372 g/mol. The molecule has 2 heterocycles. The lowest BCUT2D eigenvalue weighted by atomic mass is 10.2. The largest absolute Gasteiger partial charge is 0.378 e. The maximum absolute atomic E-state index is 12.6. The lowest BCUT2D eigenvalue weighted by Gasteiger charge is -2.27. The summed E-state index contributed by atoms with van der Waals surface area (Å²) in [7, 11) is 0. The first-order chi connectivity index (χ1) is 14.1. The zero-order valence-electron chi connectivity index (χ0n) is 15.7. The van der Waals surface area contributed by atoms with Crippen LogP contribution in [0.1, 0.15) is 5.56 Å². The fourth-order valence-electron chi connectivity index (χ4n) is 3.37. The van der Waals surface area contributed by atoms with Gasteiger partial charge in [0.15, 0.2) is 0 Å². The molecule has 2 aromatic carbocycles. The van der Waals surface area contributed by atoms with Gasteiger partial charge in [0.05, 0.1) is 23.8 Å². The van der Waals surface area contributed by atoms with Crippen LogP contribution < -0.4 is 0 Å². The number of morpholine rings is 1. The first-order valence-electron chi connectivity index (χ1n) is 9.34. The standard InChI is InChI=1S/C21H20N4O4/c26-21(23-9-11-29-12-10-23)15-24-14-16(19-3-1-2-4-20(19)24)13-22-17-5-7-18(8-6-17)25(27)28/h1-8,13-14H,9-12,15H2. The number of para-hydroxylation sites is 1. The lowest BCUT2D eigenvalue weighted by Crippen LogP contribution is -2.42. The predicted molar refractivity (Wildman–Crippen MR) is 110 cm³/mol. The minimum absolute atomic E-state index is 0.0298. The summed E-state index contributed by atoms with van der Waals surface area (Å²) >= 11 is 0. The molecule has 1 amide bonds. The van der Waals surface area contributed by atoms with Gasteiger partial charge in [-0.05, 0) is 18.2 Å². The molecule has 0 aliphatic carbocycles. The van der Waals surface area contributed by atoms with Crippen molar-refractivity contribution in [2.75, 3.05) is 26.3 Å². The number of benzene rings is 2. The van der Waals surface area contributed by atoms with Crippen molar-refractivity contribution < 1.29 is 14.5 Å². The van der Waals surface area contributed by atoms with E-state index in [2.05, 4.69) is 4.99 Å². The van der Waals surface area contributed by atoms with E-state index >= 15 is 0 Å². The molecule has 0 unspecified atom stereocenters. The van der Waals surface area contributed by atoms with Crippen molar-refractivity contribution >= 4 is 34.4 Å². The molecule has 4 rings (SSSR count). The number of ether oxygens (including phenoxy) is 1. The minimum atomic E-state index is -0.438. The van der Waals surface area contributed by atoms with Gasteiger partial charge in [0.25, 0.3) is 5.69 Å². The highest BCUT2D eigenvalue weighted by Gasteiger charge is 2.18. The van der Waals surface area contributed by atoms with E-state index in [1.807, 2.05) is 39.9 Å². The molecule has 8 heteroatoms. The Morgan fingerprint density at radius 1 is 1.14 bits per heavy atom. The number of fused-ring (bicyclic) bond motifs is 1. The number of aliphatic imine (C=N–C) groups is 1. The summed E-state index contributed by atoms with van der Waals surface area (Å²) in [6, 6.07) is 13.9. The third-order valence-electron chi connectivity index (χ3n) is 4.90. The van der Waals surface area contributed by atoms with Gasteiger partial charge in [-0.1, -0.05) is 18.2 Å². The normalized spacial score (nSPS) is 14.6. The predicted octanol–water partition coefficient (Wildman–Crippen LogP) is 3.16. The lowest BCUT2D eigenvalue weighted by molar-refractivity contribution is -0.384. The van der Waals surface area contributed by atoms with E-state index in [-0.39, 0.29) is 18.1 Å². The number of nitrogens with zero attached hydrogens (tertiary/aromatic N) is 4. The zero-order valence-corrected chi connectivity index (χ0v) is 15.7. The highest BCUT2D eigenvalue weighted by Crippen LogP contribution is 2.22. The molecule has 29 heavy (non-hydrogen) atoms. The van der Waals surface area contributed by atoms with Crippen LogP contribution in [0.15, 0.2) is 59.7 Å². The van der Waals surface area contributed by atoms with E-state index < -0.39 is 4.92 Å². The summed E-state index contributed by atoms with van der Waals surface area (Å²) < 4.78 is 7.25. The van der Waals surface area contributed by atoms with Crippen LogP contribution in [0.25, 0.3) is 10.9 Å². The van der Waals surface area contributed by atoms with Crippen molar-refractivity contribution in [3.05, 3.63) is 70.4 Å². The molecule has 1 aromatic heterocycles. The van der Waals surface area contributed by atoms with Crippen LogP contribution in [0.2, 0.25) is 0 Å². The highest BCUT2D eigenvalue weighted by molar-refractivity contribution is 6.00. The van der Waals surface area contributed by atoms with Crippen molar-refractivity contribution in [1.82, 2.24) is 9.47 Å². The minimum Gasteiger partial charge on any atom is -0.378 e. The molecule has 1 aliphatic rings. The number of nitro groups is 1. The maximum Gasteiger partial charge on any atom is 0.269 e. The van der Waals surface area contributed by atoms with Crippen LogP contribution in [-0.4, -0.2) is 52.8 Å². The van der Waals surface area contributed by atoms with Crippen LogP contribution in [-0.2, 0) is 16.1 Å². The second-order valence-electron chi connectivity index (χ2n) is 6.75. The third kappa shape index (κ3) is 4.17. The molecule has 0 atom stereocenters. The van der Waals surface area contributed by atoms with Crippen molar-refractivity contribution in [3.8, 4) is 0 Å². The number of amides is 1. The summed E-state index contributed by atoms with van der Waals surface area (Å²) in [5.41, 5.74) is 2.49. The second kappa shape index (κ2) is 8.24. The number of hydrogen-bond donors (Lipinski definition) is 0. The van der Waals surface area contributed by atoms with Crippen molar-refractivity contribution in [1.29, 1.82) is 0 Å². The fourth-order valence-corrected chi connectivity index (χ4v) is 3.37. The maximum atomic E-state index is 12.6. The molecule has 8 nitrogen and oxygen atoms in total. The summed E-state index contributed by atoms with van der Waals surface area (Å²) in [4.78, 5) is 29.2. The van der Waals surface area contributed by atoms with E-state index in [1.54, 1.807) is 18.3 Å². The Morgan fingerprint density at radius 3 is 2.59 bits per heavy atom. The number of rotatable bonds is 5. The number of aromatic nitrogens is 1. The van der Waals surface area contributed by atoms with Gasteiger partial charge < -0.3 is 14.2 Å². The first-order valence-corrected chi connectivity index (χ1v) is 9.34. The zero-order chi connectivity index (χ0) is 20.2. The van der Waals surface area contributed by atoms with Crippen LogP contribution in [0.3, 0.4) is 0 Å². The highest BCUT2D eigenvalue weighted by atomic mass is 16.6. The molecule has 1 fully saturated rings. The molecule has 0 bridgehead atoms. The van der Waals surface area contributed by atoms with E-state index in [0.717, 1.165) is 16.5 Å². The van der Waals surface area contributed by atoms with Gasteiger partial charge in [0.1, 0.15) is 6.54 Å². The Morgan fingerprint density at radius 2 is 1.86 bits per heavy atom. The number of hydrogen-bond acceptors (Lipinski definition) is 5. The van der Waals surface area contributed by atoms with Gasteiger partial charge in [-0.15, -0.1) is 0 Å². The number of carbonyl (C=O) groups excluding carboxylic acids is 1. The Labute approximate surface area is 167 Å². The molecular formula is C21H20N4O4. The van der Waals surface area contributed by atoms with Gasteiger partial charge in [0, 0.05) is 54.1 Å². The van der Waals surface area contributed by atoms with E-state index in [1.165, 1.54) is 12.1 Å². The Kier molecular flexibility index (Phi) is 5.35. The van der Waals surface area contributed by atoms with Crippen LogP contribution >= 0.6 is 0 Å². The summed E-state index contributed by atoms with van der Waals surface area (Å²) in [5, 5.41) is 11.8. The summed E-state index contributed by atoms with van der Waals surface area (Å²) in [6.45, 7) is 2.64. The molecule has 0 N–H and O–H groups in total. The molecule has 0 spiro atoms. The fraction of sp³-hybridized carbons (Fsp3) is 0.238. The average molecular weight is 392 g/mol. The number of carbonyl (C=O) groups is 1. The number of nitro benzene ring substituents is 1. The third-order valence-corrected chi connectivity index (χ3v) is 4.90. The topological polar surface area (TPSA) is 90.0 Å². The summed E-state index contributed by atoms with van der Waals surface area (Å²) in [5.74, 6) is 0.0629. The second-order valence-corrected chi connectivity index (χ2v) is 6.75. The monoisotopic (exact) mass is 392 g/mol. The van der Waals surface area contributed by atoms with Crippen LogP contribution in [0.5, 0.6) is 0 Å². The van der Waals surface area contributed by atoms with Crippen molar-refractivity contribution in [2.24, 2.45) is 4.99 Å². The van der Waals surface area contributed by atoms with Gasteiger partial charge in [0.2, 0.25) is 5.91 Å². The van der Waals surface area contributed by atoms with Crippen LogP contribution in [0, 0.1) is 10.1 Å². The van der Waals surface area contributed by atoms with E-state index in [4.69, 9.17) is 4.74 Å². The first kappa shape index (κ1) is 18.8. The molecule has 148 valence electrons. The van der Waals surface area contributed by atoms with E-state index in [0.29, 0.717) is 32.0 Å². The van der Waals surface area contributed by atoms with Crippen molar-refractivity contribution in [3.63, 3.8) is 0 Å². The Hall–Kier alpha value is -3.52. The average Bonchev–Trinajstić information content (AvgIpc) is 3.10. The van der Waals surface area contributed by atoms with Gasteiger partial charge in [-0.2, -0.15) is 0 Å².